The molecule has 17 heavy (non-hydrogen) atoms. The summed E-state index contributed by atoms with van der Waals surface area (Å²) in [6.45, 7) is 6.00. The summed E-state index contributed by atoms with van der Waals surface area (Å²) in [6.07, 6.45) is 10.7. The molecule has 0 saturated carbocycles. The second kappa shape index (κ2) is 6.20. The zero-order chi connectivity index (χ0) is 11.9. The number of nitrogens with zero attached hydrogens (tertiary/aromatic N) is 4. The molecule has 0 fully saturated rings. The molecule has 0 saturated heterocycles. The van der Waals surface area contributed by atoms with Gasteiger partial charge in [-0.15, -0.1) is 0 Å². The highest BCUT2D eigenvalue weighted by Crippen LogP contribution is 1.93. The zero-order valence-corrected chi connectivity index (χ0v) is 10.2. The first-order valence-electron chi connectivity index (χ1n) is 6.00. The van der Waals surface area contributed by atoms with Crippen LogP contribution in [0.15, 0.2) is 31.1 Å². The molecule has 0 aliphatic rings. The van der Waals surface area contributed by atoms with Crippen molar-refractivity contribution >= 4 is 0 Å². The highest BCUT2D eigenvalue weighted by atomic mass is 15.3. The molecule has 2 rings (SSSR count). The van der Waals surface area contributed by atoms with Crippen molar-refractivity contribution in [2.45, 2.75) is 26.4 Å². The molecule has 0 atom stereocenters. The first-order valence-corrected chi connectivity index (χ1v) is 6.00. The maximum absolute atomic E-state index is 4.24. The van der Waals surface area contributed by atoms with Gasteiger partial charge >= 0.3 is 0 Å². The van der Waals surface area contributed by atoms with Crippen LogP contribution in [0.3, 0.4) is 0 Å². The number of rotatable bonds is 7. The summed E-state index contributed by atoms with van der Waals surface area (Å²) in [6, 6.07) is 0. The summed E-state index contributed by atoms with van der Waals surface area (Å²) in [5.74, 6) is 0. The van der Waals surface area contributed by atoms with E-state index in [1.165, 1.54) is 5.56 Å². The van der Waals surface area contributed by atoms with E-state index in [1.54, 1.807) is 0 Å². The molecular weight excluding hydrogens is 214 g/mol. The molecule has 5 heteroatoms. The van der Waals surface area contributed by atoms with Crippen LogP contribution in [0.4, 0.5) is 0 Å². The monoisotopic (exact) mass is 233 g/mol. The van der Waals surface area contributed by atoms with Crippen molar-refractivity contribution in [2.75, 3.05) is 13.1 Å². The summed E-state index contributed by atoms with van der Waals surface area (Å²) in [4.78, 5) is 4.01. The number of hydrogen-bond donors (Lipinski definition) is 1. The van der Waals surface area contributed by atoms with Crippen molar-refractivity contribution in [1.82, 2.24) is 24.6 Å². The van der Waals surface area contributed by atoms with E-state index < -0.39 is 0 Å². The van der Waals surface area contributed by atoms with E-state index in [2.05, 4.69) is 33.1 Å². The third-order valence-corrected chi connectivity index (χ3v) is 2.61. The quantitative estimate of drug-likeness (QED) is 0.728. The zero-order valence-electron chi connectivity index (χ0n) is 10.2. The number of hydrogen-bond acceptors (Lipinski definition) is 3. The van der Waals surface area contributed by atoms with Gasteiger partial charge < -0.3 is 9.88 Å². The number of aryl methyl sites for hydroxylation is 2. The highest BCUT2D eigenvalue weighted by molar-refractivity contribution is 4.99. The van der Waals surface area contributed by atoms with Gasteiger partial charge in [-0.1, -0.05) is 0 Å². The smallest absolute Gasteiger partial charge is 0.0945 e. The number of nitrogens with one attached hydrogen (secondary N) is 1. The molecule has 0 amide bonds. The van der Waals surface area contributed by atoms with Crippen molar-refractivity contribution in [3.8, 4) is 0 Å². The Hall–Kier alpha value is -1.62. The fourth-order valence-corrected chi connectivity index (χ4v) is 1.71. The van der Waals surface area contributed by atoms with Gasteiger partial charge in [-0.05, 0) is 25.5 Å². The van der Waals surface area contributed by atoms with Gasteiger partial charge in [-0.3, -0.25) is 4.68 Å². The van der Waals surface area contributed by atoms with Gasteiger partial charge in [0.2, 0.25) is 0 Å². The molecule has 0 aliphatic heterocycles. The molecule has 0 aliphatic carbocycles. The molecule has 0 spiro atoms. The molecule has 0 aromatic carbocycles. The average molecular weight is 233 g/mol. The van der Waals surface area contributed by atoms with E-state index in [-0.39, 0.29) is 0 Å². The third-order valence-electron chi connectivity index (χ3n) is 2.61. The molecule has 92 valence electrons. The third kappa shape index (κ3) is 4.03. The molecule has 0 bridgehead atoms. The van der Waals surface area contributed by atoms with Crippen LogP contribution in [-0.4, -0.2) is 32.4 Å². The Bertz CT molecular complexity index is 418. The maximum atomic E-state index is 4.24. The lowest BCUT2D eigenvalue weighted by atomic mass is 10.4. The number of imidazole rings is 1. The highest BCUT2D eigenvalue weighted by Gasteiger charge is 1.94. The predicted octanol–water partition coefficient (Wildman–Crippen LogP) is 1.07. The van der Waals surface area contributed by atoms with Crippen molar-refractivity contribution in [2.24, 2.45) is 0 Å². The lowest BCUT2D eigenvalue weighted by molar-refractivity contribution is 0.528. The Morgan fingerprint density at radius 2 is 2.24 bits per heavy atom. The summed E-state index contributed by atoms with van der Waals surface area (Å²) in [5, 5.41) is 7.65. The second-order valence-electron chi connectivity index (χ2n) is 4.18. The Labute approximate surface area is 101 Å². The van der Waals surface area contributed by atoms with Crippen LogP contribution in [0, 0.1) is 6.92 Å². The molecule has 2 aromatic heterocycles. The van der Waals surface area contributed by atoms with Gasteiger partial charge in [-0.25, -0.2) is 4.98 Å². The van der Waals surface area contributed by atoms with Crippen LogP contribution >= 0.6 is 0 Å². The van der Waals surface area contributed by atoms with Crippen LogP contribution in [0.25, 0.3) is 0 Å². The van der Waals surface area contributed by atoms with Crippen molar-refractivity contribution in [3.05, 3.63) is 36.7 Å². The van der Waals surface area contributed by atoms with E-state index in [9.17, 15) is 0 Å². The summed E-state index contributed by atoms with van der Waals surface area (Å²) >= 11 is 0. The predicted molar refractivity (Wildman–Crippen MR) is 66.7 cm³/mol. The van der Waals surface area contributed by atoms with Gasteiger partial charge in [-0.2, -0.15) is 5.10 Å². The van der Waals surface area contributed by atoms with E-state index in [1.807, 2.05) is 29.6 Å². The Balaban J connectivity index is 1.52. The first kappa shape index (κ1) is 11.9. The minimum Gasteiger partial charge on any atom is -0.337 e. The minimum absolute atomic E-state index is 0.929. The summed E-state index contributed by atoms with van der Waals surface area (Å²) < 4.78 is 4.07. The van der Waals surface area contributed by atoms with Gasteiger partial charge in [0, 0.05) is 31.7 Å². The van der Waals surface area contributed by atoms with Crippen LogP contribution in [0.1, 0.15) is 12.0 Å². The molecule has 2 aromatic rings. The lowest BCUT2D eigenvalue weighted by Gasteiger charge is -2.05. The minimum atomic E-state index is 0.929. The van der Waals surface area contributed by atoms with Crippen LogP contribution < -0.4 is 5.32 Å². The Morgan fingerprint density at radius 3 is 2.94 bits per heavy atom. The molecule has 1 N–H and O–H groups in total. The van der Waals surface area contributed by atoms with E-state index in [4.69, 9.17) is 0 Å². The van der Waals surface area contributed by atoms with Crippen LogP contribution in [0.5, 0.6) is 0 Å². The van der Waals surface area contributed by atoms with Crippen molar-refractivity contribution in [1.29, 1.82) is 0 Å². The summed E-state index contributed by atoms with van der Waals surface area (Å²) in [5.41, 5.74) is 1.21. The molecule has 2 heterocycles. The van der Waals surface area contributed by atoms with Gasteiger partial charge in [0.25, 0.3) is 0 Å². The average Bonchev–Trinajstić information content (AvgIpc) is 2.95. The fraction of sp³-hybridized carbons (Fsp3) is 0.500. The number of aromatic nitrogens is 4. The van der Waals surface area contributed by atoms with E-state index >= 15 is 0 Å². The molecular formula is C12H19N5. The molecule has 0 radical (unpaired) electrons. The SMILES string of the molecule is Cc1cnn(CCNCCCn2ccnc2)c1. The second-order valence-corrected chi connectivity index (χ2v) is 4.18. The van der Waals surface area contributed by atoms with E-state index in [0.717, 1.165) is 32.6 Å². The molecule has 5 nitrogen and oxygen atoms in total. The first-order chi connectivity index (χ1) is 8.34. The molecule has 0 unspecified atom stereocenters. The van der Waals surface area contributed by atoms with Crippen LogP contribution in [-0.2, 0) is 13.1 Å². The standard InChI is InChI=1S/C12H19N5/c1-12-9-15-17(10-12)8-5-13-3-2-6-16-7-4-14-11-16/h4,7,9-11,13H,2-3,5-6,8H2,1H3. The Kier molecular flexibility index (Phi) is 4.32. The maximum Gasteiger partial charge on any atom is 0.0945 e. The fourth-order valence-electron chi connectivity index (χ4n) is 1.71. The summed E-state index contributed by atoms with van der Waals surface area (Å²) in [7, 11) is 0. The van der Waals surface area contributed by atoms with Gasteiger partial charge in [0.05, 0.1) is 19.1 Å². The topological polar surface area (TPSA) is 47.7 Å². The van der Waals surface area contributed by atoms with Crippen molar-refractivity contribution < 1.29 is 0 Å². The van der Waals surface area contributed by atoms with Crippen LogP contribution in [0.2, 0.25) is 0 Å². The van der Waals surface area contributed by atoms with Gasteiger partial charge in [0.15, 0.2) is 0 Å². The normalized spacial score (nSPS) is 10.9. The lowest BCUT2D eigenvalue weighted by Crippen LogP contribution is -2.22. The van der Waals surface area contributed by atoms with E-state index in [0.29, 0.717) is 0 Å². The Morgan fingerprint density at radius 1 is 1.29 bits per heavy atom. The van der Waals surface area contributed by atoms with Gasteiger partial charge in [0.1, 0.15) is 0 Å². The van der Waals surface area contributed by atoms with Crippen molar-refractivity contribution in [3.63, 3.8) is 0 Å². The largest absolute Gasteiger partial charge is 0.337 e.